The van der Waals surface area contributed by atoms with Crippen LogP contribution in [0, 0.1) is 13.8 Å². The third kappa shape index (κ3) is 5.21. The van der Waals surface area contributed by atoms with Crippen LogP contribution in [0.1, 0.15) is 49.7 Å². The number of aromatic nitrogens is 2. The quantitative estimate of drug-likeness (QED) is 0.267. The monoisotopic (exact) mass is 546 g/mol. The van der Waals surface area contributed by atoms with Gasteiger partial charge in [0.05, 0.1) is 28.3 Å². The van der Waals surface area contributed by atoms with Crippen molar-refractivity contribution < 1.29 is 4.79 Å². The van der Waals surface area contributed by atoms with Crippen molar-refractivity contribution in [3.05, 3.63) is 98.5 Å². The Morgan fingerprint density at radius 2 is 1.78 bits per heavy atom. The Kier molecular flexibility index (Phi) is 7.89. The molecule has 3 aromatic carbocycles. The predicted molar refractivity (Wildman–Crippen MR) is 150 cm³/mol. The first kappa shape index (κ1) is 25.6. The van der Waals surface area contributed by atoms with Gasteiger partial charge in [-0.3, -0.25) is 9.36 Å². The number of carbonyl (C=O) groups excluding carboxylic acids is 1. The Labute approximate surface area is 220 Å². The van der Waals surface area contributed by atoms with E-state index in [0.717, 1.165) is 34.1 Å². The van der Waals surface area contributed by atoms with E-state index >= 15 is 0 Å². The fourth-order valence-electron chi connectivity index (χ4n) is 4.23. The molecule has 1 aromatic heterocycles. The van der Waals surface area contributed by atoms with Crippen LogP contribution in [0.4, 0.5) is 10.5 Å². The van der Waals surface area contributed by atoms with Crippen molar-refractivity contribution in [1.82, 2.24) is 14.5 Å². The van der Waals surface area contributed by atoms with Crippen LogP contribution < -0.4 is 10.9 Å². The lowest BCUT2D eigenvalue weighted by Gasteiger charge is -2.31. The van der Waals surface area contributed by atoms with Crippen LogP contribution in [-0.2, 0) is 0 Å². The molecule has 1 N–H and O–H groups in total. The summed E-state index contributed by atoms with van der Waals surface area (Å²) in [6.07, 6.45) is 1.76. The second-order valence-electron chi connectivity index (χ2n) is 9.03. The molecule has 0 fully saturated rings. The smallest absolute Gasteiger partial charge is 0.315 e. The van der Waals surface area contributed by atoms with Crippen LogP contribution in [0.2, 0.25) is 0 Å². The topological polar surface area (TPSA) is 67.2 Å². The summed E-state index contributed by atoms with van der Waals surface area (Å²) < 4.78 is 2.46. The number of benzene rings is 3. The molecule has 0 saturated carbocycles. The fraction of sp³-hybridized carbons (Fsp3) is 0.276. The normalized spacial score (nSPS) is 11.9. The van der Waals surface area contributed by atoms with E-state index in [1.54, 1.807) is 15.5 Å². The summed E-state index contributed by atoms with van der Waals surface area (Å²) in [5, 5.41) is 3.57. The third-order valence-corrected chi connectivity index (χ3v) is 7.21. The van der Waals surface area contributed by atoms with Crippen molar-refractivity contribution >= 4 is 38.6 Å². The minimum atomic E-state index is -0.460. The zero-order valence-electron chi connectivity index (χ0n) is 21.1. The number of aryl methyl sites for hydroxylation is 2. The first-order chi connectivity index (χ1) is 17.3. The molecule has 1 heterocycles. The molecule has 0 bridgehead atoms. The molecule has 0 aliphatic heterocycles. The van der Waals surface area contributed by atoms with Gasteiger partial charge in [-0.05, 0) is 90.6 Å². The summed E-state index contributed by atoms with van der Waals surface area (Å²) >= 11 is 3.51. The number of para-hydroxylation sites is 2. The van der Waals surface area contributed by atoms with Crippen molar-refractivity contribution in [3.63, 3.8) is 0 Å². The van der Waals surface area contributed by atoms with Gasteiger partial charge in [-0.25, -0.2) is 9.78 Å². The van der Waals surface area contributed by atoms with Gasteiger partial charge in [-0.2, -0.15) is 0 Å². The van der Waals surface area contributed by atoms with E-state index in [0.29, 0.717) is 29.0 Å². The molecule has 1 unspecified atom stereocenters. The molecule has 2 amide bonds. The molecule has 0 aliphatic carbocycles. The number of nitrogens with zero attached hydrogens (tertiary/aromatic N) is 3. The molecule has 4 aromatic rings. The average molecular weight is 547 g/mol. The largest absolute Gasteiger partial charge is 0.322 e. The van der Waals surface area contributed by atoms with Gasteiger partial charge in [0.2, 0.25) is 0 Å². The highest BCUT2D eigenvalue weighted by molar-refractivity contribution is 9.10. The lowest BCUT2D eigenvalue weighted by atomic mass is 10.1. The summed E-state index contributed by atoms with van der Waals surface area (Å²) in [4.78, 5) is 34.0. The molecule has 4 rings (SSSR count). The number of fused-ring (bicyclic) bond motifs is 1. The summed E-state index contributed by atoms with van der Waals surface area (Å²) in [7, 11) is 0. The van der Waals surface area contributed by atoms with Gasteiger partial charge >= 0.3 is 6.03 Å². The highest BCUT2D eigenvalue weighted by atomic mass is 79.9. The number of anilines is 1. The number of rotatable bonds is 7. The van der Waals surface area contributed by atoms with Crippen molar-refractivity contribution in [2.24, 2.45) is 0 Å². The standard InChI is InChI=1S/C29H31BrN4O2/c1-5-6-17-33(29(36)32-26-14-10-8-12-24(26)30)21(4)27-31-25-13-9-7-11-23(25)28(35)34(27)22-16-15-19(2)20(3)18-22/h7-16,18,21H,5-6,17H2,1-4H3,(H,32,36). The molecule has 1 atom stereocenters. The highest BCUT2D eigenvalue weighted by Crippen LogP contribution is 2.27. The minimum Gasteiger partial charge on any atom is -0.315 e. The molecule has 0 spiro atoms. The molecule has 0 radical (unpaired) electrons. The van der Waals surface area contributed by atoms with E-state index in [4.69, 9.17) is 4.98 Å². The van der Waals surface area contributed by atoms with E-state index in [9.17, 15) is 9.59 Å². The number of urea groups is 1. The van der Waals surface area contributed by atoms with Crippen LogP contribution >= 0.6 is 15.9 Å². The van der Waals surface area contributed by atoms with Gasteiger partial charge in [-0.15, -0.1) is 0 Å². The minimum absolute atomic E-state index is 0.146. The maximum atomic E-state index is 13.8. The summed E-state index contributed by atoms with van der Waals surface area (Å²) in [5.74, 6) is 0.528. The molecule has 36 heavy (non-hydrogen) atoms. The van der Waals surface area contributed by atoms with Gasteiger partial charge in [0.1, 0.15) is 5.82 Å². The Morgan fingerprint density at radius 1 is 1.06 bits per heavy atom. The number of unbranched alkanes of at least 4 members (excludes halogenated alkanes) is 1. The van der Waals surface area contributed by atoms with Crippen LogP contribution in [0.15, 0.2) is 76.0 Å². The van der Waals surface area contributed by atoms with Crippen molar-refractivity contribution in [1.29, 1.82) is 0 Å². The molecule has 6 nitrogen and oxygen atoms in total. The summed E-state index contributed by atoms with van der Waals surface area (Å²) in [5.41, 5.74) is 4.13. The highest BCUT2D eigenvalue weighted by Gasteiger charge is 2.27. The summed E-state index contributed by atoms with van der Waals surface area (Å²) in [6.45, 7) is 8.63. The van der Waals surface area contributed by atoms with Gasteiger partial charge in [0.15, 0.2) is 0 Å². The number of nitrogens with one attached hydrogen (secondary N) is 1. The van der Waals surface area contributed by atoms with Crippen LogP contribution in [0.3, 0.4) is 0 Å². The van der Waals surface area contributed by atoms with Crippen molar-refractivity contribution in [3.8, 4) is 5.69 Å². The number of amides is 2. The molecule has 0 aliphatic rings. The number of hydrogen-bond donors (Lipinski definition) is 1. The zero-order chi connectivity index (χ0) is 25.8. The number of carbonyl (C=O) groups is 1. The van der Waals surface area contributed by atoms with Gasteiger partial charge in [-0.1, -0.05) is 43.7 Å². The van der Waals surface area contributed by atoms with E-state index in [-0.39, 0.29) is 11.6 Å². The second kappa shape index (κ2) is 11.1. The Hall–Kier alpha value is -3.45. The first-order valence-electron chi connectivity index (χ1n) is 12.2. The molecule has 0 saturated heterocycles. The molecule has 186 valence electrons. The van der Waals surface area contributed by atoms with Gasteiger partial charge in [0, 0.05) is 11.0 Å². The lowest BCUT2D eigenvalue weighted by Crippen LogP contribution is -2.40. The first-order valence-corrected chi connectivity index (χ1v) is 13.0. The van der Waals surface area contributed by atoms with Crippen LogP contribution in [-0.4, -0.2) is 27.0 Å². The van der Waals surface area contributed by atoms with Crippen molar-refractivity contribution in [2.45, 2.75) is 46.6 Å². The van der Waals surface area contributed by atoms with E-state index in [1.165, 1.54) is 0 Å². The third-order valence-electron chi connectivity index (χ3n) is 6.52. The SMILES string of the molecule is CCCCN(C(=O)Nc1ccccc1Br)C(C)c1nc2ccccc2c(=O)n1-c1ccc(C)c(C)c1. The molecular weight excluding hydrogens is 516 g/mol. The van der Waals surface area contributed by atoms with E-state index in [1.807, 2.05) is 81.4 Å². The molecular formula is C29H31BrN4O2. The summed E-state index contributed by atoms with van der Waals surface area (Å²) in [6, 6.07) is 20.1. The number of halogens is 1. The Balaban J connectivity index is 1.85. The van der Waals surface area contributed by atoms with Gasteiger partial charge < -0.3 is 10.2 Å². The maximum Gasteiger partial charge on any atom is 0.322 e. The lowest BCUT2D eigenvalue weighted by molar-refractivity contribution is 0.188. The second-order valence-corrected chi connectivity index (χ2v) is 9.88. The Morgan fingerprint density at radius 3 is 2.50 bits per heavy atom. The van der Waals surface area contributed by atoms with Crippen LogP contribution in [0.25, 0.3) is 16.6 Å². The molecule has 7 heteroatoms. The van der Waals surface area contributed by atoms with E-state index < -0.39 is 6.04 Å². The van der Waals surface area contributed by atoms with Crippen LogP contribution in [0.5, 0.6) is 0 Å². The zero-order valence-corrected chi connectivity index (χ0v) is 22.7. The van der Waals surface area contributed by atoms with Gasteiger partial charge in [0.25, 0.3) is 5.56 Å². The predicted octanol–water partition coefficient (Wildman–Crippen LogP) is 7.16. The maximum absolute atomic E-state index is 13.8. The number of hydrogen-bond acceptors (Lipinski definition) is 3. The average Bonchev–Trinajstić information content (AvgIpc) is 2.87. The van der Waals surface area contributed by atoms with Crippen molar-refractivity contribution in [2.75, 3.05) is 11.9 Å². The van der Waals surface area contributed by atoms with E-state index in [2.05, 4.69) is 28.2 Å². The Bertz CT molecular complexity index is 1460. The fourth-order valence-corrected chi connectivity index (χ4v) is 4.62.